The standard InChI is InChI=1S/C23H30N4O2S.C17H20N2O2S.C7H16N2S/c1-23(2)15-25-22(26-16-23)24-14-18-8-6-7-17-13-19(11-12-21(17)18)27-30(28,29)20-9-4-3-5-10-20;18-12-14-6-4-5-13-11-15(9-10-17(13)14)19-22(20,21)16-7-2-1-3-8-16;1-7(2)4-8-6(10-3)9-5-7/h3-5,9-13,18,27H,6-8,14-16H2,1-2H3,(H2,24,25,26);1-3,7-11,14,19H,4-6,12,18H2;6,8-9H,4-5H2,1-3H3. The van der Waals surface area contributed by atoms with Crippen molar-refractivity contribution >= 4 is 49.1 Å². The summed E-state index contributed by atoms with van der Waals surface area (Å²) in [6.45, 7) is 14.4. The van der Waals surface area contributed by atoms with Crippen LogP contribution in [-0.4, -0.2) is 73.8 Å². The van der Waals surface area contributed by atoms with Crippen LogP contribution in [0.5, 0.6) is 0 Å². The molecule has 15 heteroatoms. The number of fused-ring (bicyclic) bond motifs is 2. The Kier molecular flexibility index (Phi) is 16.1. The zero-order valence-electron chi connectivity index (χ0n) is 36.8. The van der Waals surface area contributed by atoms with Crippen LogP contribution in [0.15, 0.2) is 112 Å². The SMILES string of the molecule is CC1(C)CN=C(NCC2CCCc3cc(NS(=O)(=O)c4ccccc4)ccc32)NC1.CSC1NCC(C)(C)CN1.NCC1CCCc2cc(NS(=O)(=O)c3ccccc3)ccc21. The van der Waals surface area contributed by atoms with E-state index in [0.29, 0.717) is 40.7 Å². The number of rotatable bonds is 10. The first-order valence-electron chi connectivity index (χ1n) is 21.7. The fourth-order valence-corrected chi connectivity index (χ4v) is 10.8. The van der Waals surface area contributed by atoms with E-state index in [2.05, 4.69) is 75.7 Å². The summed E-state index contributed by atoms with van der Waals surface area (Å²) in [4.78, 5) is 5.17. The lowest BCUT2D eigenvalue weighted by Gasteiger charge is -2.35. The molecule has 2 unspecified atom stereocenters. The first-order chi connectivity index (χ1) is 29.6. The van der Waals surface area contributed by atoms with Gasteiger partial charge >= 0.3 is 0 Å². The highest BCUT2D eigenvalue weighted by molar-refractivity contribution is 7.99. The summed E-state index contributed by atoms with van der Waals surface area (Å²) in [5, 5.41) is 13.7. The average molecular weight is 903 g/mol. The molecular formula is C47H66N8O4S3. The maximum absolute atomic E-state index is 12.6. The quantitative estimate of drug-likeness (QED) is 0.0861. The number of aryl methyl sites for hydroxylation is 2. The van der Waals surface area contributed by atoms with Gasteiger partial charge in [-0.05, 0) is 133 Å². The summed E-state index contributed by atoms with van der Waals surface area (Å²) >= 11 is 1.82. The molecule has 0 radical (unpaired) electrons. The Balaban J connectivity index is 0.000000175. The summed E-state index contributed by atoms with van der Waals surface area (Å²) in [6.07, 6.45) is 8.49. The van der Waals surface area contributed by atoms with Gasteiger partial charge in [0.1, 0.15) is 5.50 Å². The van der Waals surface area contributed by atoms with E-state index >= 15 is 0 Å². The van der Waals surface area contributed by atoms with E-state index < -0.39 is 20.0 Å². The molecule has 0 amide bonds. The molecule has 2 aliphatic heterocycles. The number of nitrogens with two attached hydrogens (primary N) is 1. The topological polar surface area (TPSA) is 179 Å². The molecular weight excluding hydrogens is 837 g/mol. The molecule has 336 valence electrons. The van der Waals surface area contributed by atoms with Crippen LogP contribution in [0.2, 0.25) is 0 Å². The van der Waals surface area contributed by atoms with Crippen LogP contribution in [0.3, 0.4) is 0 Å². The minimum Gasteiger partial charge on any atom is -0.356 e. The maximum Gasteiger partial charge on any atom is 0.261 e. The van der Waals surface area contributed by atoms with Crippen molar-refractivity contribution in [3.63, 3.8) is 0 Å². The van der Waals surface area contributed by atoms with Crippen LogP contribution in [0.1, 0.15) is 87.5 Å². The minimum atomic E-state index is -3.57. The lowest BCUT2D eigenvalue weighted by molar-refractivity contribution is 0.257. The highest BCUT2D eigenvalue weighted by atomic mass is 32.2. The maximum atomic E-state index is 12.6. The summed E-state index contributed by atoms with van der Waals surface area (Å²) < 4.78 is 55.3. The van der Waals surface area contributed by atoms with Gasteiger partial charge in [0, 0.05) is 55.4 Å². The molecule has 12 nitrogen and oxygen atoms in total. The van der Waals surface area contributed by atoms with E-state index in [1.165, 1.54) is 22.3 Å². The average Bonchev–Trinajstić information content (AvgIpc) is 3.26. The van der Waals surface area contributed by atoms with Gasteiger partial charge in [-0.3, -0.25) is 25.1 Å². The molecule has 4 aromatic rings. The Hall–Kier alpha value is -4.12. The van der Waals surface area contributed by atoms with Crippen LogP contribution in [0.25, 0.3) is 0 Å². The fourth-order valence-electron chi connectivity index (χ4n) is 8.15. The van der Waals surface area contributed by atoms with Gasteiger partial charge in [0.25, 0.3) is 20.0 Å². The van der Waals surface area contributed by atoms with E-state index in [9.17, 15) is 16.8 Å². The third-order valence-electron chi connectivity index (χ3n) is 11.7. The molecule has 1 saturated heterocycles. The van der Waals surface area contributed by atoms with E-state index in [4.69, 9.17) is 5.73 Å². The number of hydrogen-bond donors (Lipinski definition) is 7. The molecule has 2 aliphatic carbocycles. The summed E-state index contributed by atoms with van der Waals surface area (Å²) in [5.41, 5.74) is 13.1. The molecule has 2 atom stereocenters. The minimum absolute atomic E-state index is 0.201. The molecule has 0 saturated carbocycles. The fraction of sp³-hybridized carbons (Fsp3) is 0.468. The predicted octanol–water partition coefficient (Wildman–Crippen LogP) is 7.20. The summed E-state index contributed by atoms with van der Waals surface area (Å²) in [5.74, 6) is 1.67. The Morgan fingerprint density at radius 3 is 1.66 bits per heavy atom. The van der Waals surface area contributed by atoms with Crippen molar-refractivity contribution in [2.45, 2.75) is 93.3 Å². The zero-order valence-corrected chi connectivity index (χ0v) is 39.3. The number of guanidine groups is 1. The van der Waals surface area contributed by atoms with Gasteiger partial charge in [-0.25, -0.2) is 16.8 Å². The van der Waals surface area contributed by atoms with Crippen LogP contribution in [-0.2, 0) is 32.9 Å². The van der Waals surface area contributed by atoms with E-state index in [1.54, 1.807) is 60.7 Å². The number of nitrogens with one attached hydrogen (secondary N) is 6. The second-order valence-electron chi connectivity index (χ2n) is 18.2. The predicted molar refractivity (Wildman–Crippen MR) is 257 cm³/mol. The second-order valence-corrected chi connectivity index (χ2v) is 22.5. The lowest BCUT2D eigenvalue weighted by Crippen LogP contribution is -2.54. The van der Waals surface area contributed by atoms with Gasteiger partial charge in [-0.1, -0.05) is 76.2 Å². The van der Waals surface area contributed by atoms with Crippen molar-refractivity contribution < 1.29 is 16.8 Å². The van der Waals surface area contributed by atoms with Gasteiger partial charge < -0.3 is 16.4 Å². The highest BCUT2D eigenvalue weighted by Gasteiger charge is 2.27. The van der Waals surface area contributed by atoms with Crippen molar-refractivity contribution in [1.82, 2.24) is 21.3 Å². The number of benzene rings is 4. The van der Waals surface area contributed by atoms with Gasteiger partial charge in [-0.15, -0.1) is 11.8 Å². The molecule has 2 heterocycles. The Morgan fingerprint density at radius 2 is 1.19 bits per heavy atom. The molecule has 0 spiro atoms. The molecule has 4 aliphatic rings. The Labute approximate surface area is 374 Å². The smallest absolute Gasteiger partial charge is 0.261 e. The lowest BCUT2D eigenvalue weighted by atomic mass is 9.82. The largest absolute Gasteiger partial charge is 0.356 e. The molecule has 8 rings (SSSR count). The van der Waals surface area contributed by atoms with Crippen LogP contribution >= 0.6 is 11.8 Å². The van der Waals surface area contributed by atoms with Crippen molar-refractivity contribution in [3.05, 3.63) is 119 Å². The van der Waals surface area contributed by atoms with Crippen molar-refractivity contribution in [2.24, 2.45) is 21.6 Å². The summed E-state index contributed by atoms with van der Waals surface area (Å²) in [7, 11) is -7.11. The number of aliphatic imine (C=N–C) groups is 1. The van der Waals surface area contributed by atoms with Crippen molar-refractivity contribution in [3.8, 4) is 0 Å². The third-order valence-corrected chi connectivity index (χ3v) is 15.3. The molecule has 1 fully saturated rings. The molecule has 0 aromatic heterocycles. The number of sulfonamides is 2. The van der Waals surface area contributed by atoms with E-state index in [1.807, 2.05) is 42.1 Å². The second kappa shape index (κ2) is 21.0. The molecule has 4 aromatic carbocycles. The Bertz CT molecular complexity index is 2330. The Morgan fingerprint density at radius 1 is 0.694 bits per heavy atom. The zero-order chi connectivity index (χ0) is 44.4. The van der Waals surface area contributed by atoms with Crippen LogP contribution < -0.4 is 36.4 Å². The van der Waals surface area contributed by atoms with Crippen molar-refractivity contribution in [1.29, 1.82) is 0 Å². The number of thioether (sulfide) groups is 1. The molecule has 8 N–H and O–H groups in total. The van der Waals surface area contributed by atoms with Crippen LogP contribution in [0.4, 0.5) is 11.4 Å². The normalized spacial score (nSPS) is 20.5. The number of hydrogen-bond acceptors (Lipinski definition) is 11. The van der Waals surface area contributed by atoms with Gasteiger partial charge in [0.05, 0.1) is 9.79 Å². The number of anilines is 2. The first-order valence-corrected chi connectivity index (χ1v) is 26.0. The molecule has 0 bridgehead atoms. The van der Waals surface area contributed by atoms with Crippen LogP contribution in [0, 0.1) is 10.8 Å². The van der Waals surface area contributed by atoms with Gasteiger partial charge in [-0.2, -0.15) is 0 Å². The monoisotopic (exact) mass is 902 g/mol. The highest BCUT2D eigenvalue weighted by Crippen LogP contribution is 2.35. The summed E-state index contributed by atoms with van der Waals surface area (Å²) in [6, 6.07) is 28.6. The molecule has 62 heavy (non-hydrogen) atoms. The van der Waals surface area contributed by atoms with Crippen molar-refractivity contribution in [2.75, 3.05) is 55.0 Å². The van der Waals surface area contributed by atoms with Gasteiger partial charge in [0.2, 0.25) is 0 Å². The van der Waals surface area contributed by atoms with E-state index in [-0.39, 0.29) is 15.2 Å². The first kappa shape index (κ1) is 47.4. The third kappa shape index (κ3) is 13.2. The number of nitrogens with zero attached hydrogens (tertiary/aromatic N) is 1. The van der Waals surface area contributed by atoms with E-state index in [0.717, 1.165) is 77.2 Å². The van der Waals surface area contributed by atoms with Gasteiger partial charge in [0.15, 0.2) is 5.96 Å².